The fourth-order valence-electron chi connectivity index (χ4n) is 4.60. The van der Waals surface area contributed by atoms with Crippen molar-refractivity contribution < 1.29 is 19.1 Å². The highest BCUT2D eigenvalue weighted by Gasteiger charge is 2.30. The number of nitrogens with one attached hydrogen (secondary N) is 1. The van der Waals surface area contributed by atoms with Gasteiger partial charge in [-0.3, -0.25) is 14.5 Å². The number of ether oxygens (including phenoxy) is 2. The van der Waals surface area contributed by atoms with Gasteiger partial charge in [-0.1, -0.05) is 78.9 Å². The van der Waals surface area contributed by atoms with Gasteiger partial charge in [-0.15, -0.1) is 0 Å². The van der Waals surface area contributed by atoms with E-state index in [1.807, 2.05) is 60.7 Å². The van der Waals surface area contributed by atoms with Gasteiger partial charge in [-0.25, -0.2) is 0 Å². The van der Waals surface area contributed by atoms with Crippen molar-refractivity contribution in [3.8, 4) is 0 Å². The van der Waals surface area contributed by atoms with Crippen LogP contribution in [0, 0.1) is 0 Å². The van der Waals surface area contributed by atoms with Gasteiger partial charge < -0.3 is 14.5 Å². The van der Waals surface area contributed by atoms with Crippen molar-refractivity contribution in [3.63, 3.8) is 0 Å². The summed E-state index contributed by atoms with van der Waals surface area (Å²) in [6.07, 6.45) is 0.508. The van der Waals surface area contributed by atoms with Crippen molar-refractivity contribution in [2.45, 2.75) is 38.9 Å². The molecule has 4 rings (SSSR count). The van der Waals surface area contributed by atoms with Crippen molar-refractivity contribution in [1.82, 2.24) is 9.88 Å². The number of aromatic amines is 1. The second-order valence-corrected chi connectivity index (χ2v) is 8.73. The van der Waals surface area contributed by atoms with Crippen LogP contribution in [0.3, 0.4) is 0 Å². The van der Waals surface area contributed by atoms with E-state index in [2.05, 4.69) is 34.1 Å². The molecule has 4 aromatic rings. The maximum atomic E-state index is 13.3. The SMILES string of the molecule is CCOC(=O)Cc1[nH]c2ccccc2c1C[C@@H](C(=O)OC)N(Cc1ccccc1)Cc1ccccc1. The normalized spacial score (nSPS) is 12.0. The lowest BCUT2D eigenvalue weighted by molar-refractivity contribution is -0.147. The molecule has 6 nitrogen and oxygen atoms in total. The van der Waals surface area contributed by atoms with Crippen LogP contribution in [0.5, 0.6) is 0 Å². The average molecular weight is 485 g/mol. The Labute approximate surface area is 211 Å². The molecule has 0 bridgehead atoms. The number of esters is 2. The molecule has 0 spiro atoms. The first-order chi connectivity index (χ1) is 17.6. The molecule has 0 aliphatic heterocycles. The molecule has 1 N–H and O–H groups in total. The fourth-order valence-corrected chi connectivity index (χ4v) is 4.60. The third-order valence-corrected chi connectivity index (χ3v) is 6.30. The number of para-hydroxylation sites is 1. The molecule has 0 unspecified atom stereocenters. The molecular weight excluding hydrogens is 452 g/mol. The predicted molar refractivity (Wildman–Crippen MR) is 140 cm³/mol. The topological polar surface area (TPSA) is 71.6 Å². The van der Waals surface area contributed by atoms with Crippen LogP contribution < -0.4 is 0 Å². The Bertz CT molecular complexity index is 1240. The zero-order chi connectivity index (χ0) is 25.3. The van der Waals surface area contributed by atoms with Gasteiger partial charge in [-0.2, -0.15) is 0 Å². The zero-order valence-electron chi connectivity index (χ0n) is 20.8. The van der Waals surface area contributed by atoms with Crippen molar-refractivity contribution in [1.29, 1.82) is 0 Å². The highest BCUT2D eigenvalue weighted by molar-refractivity contribution is 5.87. The van der Waals surface area contributed by atoms with Gasteiger partial charge in [0, 0.05) is 36.1 Å². The summed E-state index contributed by atoms with van der Waals surface area (Å²) in [5.74, 6) is -0.612. The van der Waals surface area contributed by atoms with Crippen molar-refractivity contribution in [2.24, 2.45) is 0 Å². The molecule has 6 heteroatoms. The summed E-state index contributed by atoms with van der Waals surface area (Å²) in [6, 6.07) is 27.6. The summed E-state index contributed by atoms with van der Waals surface area (Å²) in [4.78, 5) is 31.2. The summed E-state index contributed by atoms with van der Waals surface area (Å²) in [5, 5.41) is 0.991. The third kappa shape index (κ3) is 6.20. The van der Waals surface area contributed by atoms with Crippen LogP contribution in [0.15, 0.2) is 84.9 Å². The van der Waals surface area contributed by atoms with E-state index < -0.39 is 6.04 Å². The van der Waals surface area contributed by atoms with E-state index in [0.29, 0.717) is 26.1 Å². The lowest BCUT2D eigenvalue weighted by atomic mass is 9.98. The largest absolute Gasteiger partial charge is 0.468 e. The van der Waals surface area contributed by atoms with Gasteiger partial charge in [0.05, 0.1) is 20.1 Å². The number of aromatic nitrogens is 1. The number of hydrogen-bond acceptors (Lipinski definition) is 5. The molecule has 0 saturated heterocycles. The summed E-state index contributed by atoms with van der Waals surface area (Å²) >= 11 is 0. The number of fused-ring (bicyclic) bond motifs is 1. The van der Waals surface area contributed by atoms with Crippen LogP contribution in [0.4, 0.5) is 0 Å². The first kappa shape index (κ1) is 25.2. The van der Waals surface area contributed by atoms with Crippen LogP contribution in [0.25, 0.3) is 10.9 Å². The Morgan fingerprint density at radius 1 is 0.861 bits per heavy atom. The third-order valence-electron chi connectivity index (χ3n) is 6.30. The van der Waals surface area contributed by atoms with Crippen molar-refractivity contribution in [3.05, 3.63) is 107 Å². The quantitative estimate of drug-likeness (QED) is 0.301. The fraction of sp³-hybridized carbons (Fsp3) is 0.267. The Morgan fingerprint density at radius 2 is 1.44 bits per heavy atom. The van der Waals surface area contributed by atoms with Gasteiger partial charge in [-0.05, 0) is 29.7 Å². The second kappa shape index (κ2) is 12.2. The van der Waals surface area contributed by atoms with E-state index in [4.69, 9.17) is 9.47 Å². The molecule has 0 saturated carbocycles. The van der Waals surface area contributed by atoms with Gasteiger partial charge in [0.25, 0.3) is 0 Å². The smallest absolute Gasteiger partial charge is 0.323 e. The van der Waals surface area contributed by atoms with Gasteiger partial charge >= 0.3 is 11.9 Å². The summed E-state index contributed by atoms with van der Waals surface area (Å²) in [7, 11) is 1.42. The first-order valence-electron chi connectivity index (χ1n) is 12.2. The lowest BCUT2D eigenvalue weighted by Crippen LogP contribution is -2.42. The number of nitrogens with zero attached hydrogens (tertiary/aromatic N) is 1. The second-order valence-electron chi connectivity index (χ2n) is 8.73. The van der Waals surface area contributed by atoms with Crippen LogP contribution >= 0.6 is 0 Å². The van der Waals surface area contributed by atoms with E-state index in [-0.39, 0.29) is 18.4 Å². The van der Waals surface area contributed by atoms with E-state index in [9.17, 15) is 9.59 Å². The number of carbonyl (C=O) groups excluding carboxylic acids is 2. The monoisotopic (exact) mass is 484 g/mol. The van der Waals surface area contributed by atoms with E-state index in [1.165, 1.54) is 7.11 Å². The van der Waals surface area contributed by atoms with E-state index in [1.54, 1.807) is 6.92 Å². The molecular formula is C30H32N2O4. The summed E-state index contributed by atoms with van der Waals surface area (Å²) < 4.78 is 10.5. The molecule has 36 heavy (non-hydrogen) atoms. The van der Waals surface area contributed by atoms with Crippen LogP contribution in [0.1, 0.15) is 29.3 Å². The Kier molecular flexibility index (Phi) is 8.53. The number of methoxy groups -OCH3 is 1. The van der Waals surface area contributed by atoms with Crippen LogP contribution in [-0.4, -0.2) is 41.6 Å². The number of H-pyrrole nitrogens is 1. The zero-order valence-corrected chi connectivity index (χ0v) is 20.8. The minimum atomic E-state index is -0.560. The number of hydrogen-bond donors (Lipinski definition) is 1. The summed E-state index contributed by atoms with van der Waals surface area (Å²) in [5.41, 5.74) is 4.83. The highest BCUT2D eigenvalue weighted by atomic mass is 16.5. The Morgan fingerprint density at radius 3 is 2.03 bits per heavy atom. The summed E-state index contributed by atoms with van der Waals surface area (Å²) in [6.45, 7) is 3.26. The molecule has 186 valence electrons. The standard InChI is InChI=1S/C30H32N2O4/c1-3-36-29(33)19-27-25(24-16-10-11-17-26(24)31-27)18-28(30(34)35-2)32(20-22-12-6-4-7-13-22)21-23-14-8-5-9-15-23/h4-17,28,31H,3,18-21H2,1-2H3/t28-/m0/s1. The minimum absolute atomic E-state index is 0.114. The van der Waals surface area contributed by atoms with Crippen LogP contribution in [-0.2, 0) is 45.0 Å². The van der Waals surface area contributed by atoms with Gasteiger partial charge in [0.15, 0.2) is 0 Å². The van der Waals surface area contributed by atoms with Gasteiger partial charge in [0.2, 0.25) is 0 Å². The molecule has 0 amide bonds. The molecule has 1 heterocycles. The number of rotatable bonds is 11. The number of carbonyl (C=O) groups is 2. The van der Waals surface area contributed by atoms with Crippen molar-refractivity contribution in [2.75, 3.05) is 13.7 Å². The molecule has 0 radical (unpaired) electrons. The maximum absolute atomic E-state index is 13.3. The molecule has 0 aliphatic carbocycles. The average Bonchev–Trinajstić information content (AvgIpc) is 3.24. The first-order valence-corrected chi connectivity index (χ1v) is 12.2. The maximum Gasteiger partial charge on any atom is 0.323 e. The molecule has 0 aliphatic rings. The molecule has 1 aromatic heterocycles. The molecule has 1 atom stereocenters. The van der Waals surface area contributed by atoms with E-state index >= 15 is 0 Å². The lowest BCUT2D eigenvalue weighted by Gasteiger charge is -2.30. The molecule has 3 aromatic carbocycles. The molecule has 0 fully saturated rings. The predicted octanol–water partition coefficient (Wildman–Crippen LogP) is 5.06. The van der Waals surface area contributed by atoms with Gasteiger partial charge in [0.1, 0.15) is 6.04 Å². The number of benzene rings is 3. The van der Waals surface area contributed by atoms with Crippen molar-refractivity contribution >= 4 is 22.8 Å². The van der Waals surface area contributed by atoms with Crippen LogP contribution in [0.2, 0.25) is 0 Å². The minimum Gasteiger partial charge on any atom is -0.468 e. The van der Waals surface area contributed by atoms with E-state index in [0.717, 1.165) is 33.3 Å². The highest BCUT2D eigenvalue weighted by Crippen LogP contribution is 2.27. The Hall–Kier alpha value is -3.90. The Balaban J connectivity index is 1.73.